The number of carbonyl (C=O) groups is 1. The summed E-state index contributed by atoms with van der Waals surface area (Å²) >= 11 is 0. The Balaban J connectivity index is 1.41. The number of pyridine rings is 1. The molecular weight excluding hydrogens is 500 g/mol. The molecule has 204 valence electrons. The minimum Gasteiger partial charge on any atom is -0.482 e. The lowest BCUT2D eigenvalue weighted by atomic mass is 10.0. The van der Waals surface area contributed by atoms with Crippen LogP contribution in [-0.4, -0.2) is 69.3 Å². The Kier molecular flexibility index (Phi) is 6.71. The van der Waals surface area contributed by atoms with Gasteiger partial charge in [-0.3, -0.25) is 0 Å². The van der Waals surface area contributed by atoms with Crippen LogP contribution in [0.4, 0.5) is 4.79 Å². The summed E-state index contributed by atoms with van der Waals surface area (Å²) in [5.74, 6) is 0.485. The number of nitriles is 1. The third kappa shape index (κ3) is 5.27. The van der Waals surface area contributed by atoms with E-state index in [4.69, 9.17) is 9.47 Å². The van der Waals surface area contributed by atoms with Gasteiger partial charge in [0.2, 0.25) is 0 Å². The van der Waals surface area contributed by atoms with Crippen molar-refractivity contribution in [3.63, 3.8) is 0 Å². The van der Waals surface area contributed by atoms with Crippen molar-refractivity contribution in [3.8, 4) is 23.1 Å². The zero-order valence-electron chi connectivity index (χ0n) is 23.0. The first-order chi connectivity index (χ1) is 18.5. The molecule has 0 N–H and O–H groups in total. The highest BCUT2D eigenvalue weighted by Crippen LogP contribution is 2.34. The molecular formula is C26H32N10O3. The zero-order valence-corrected chi connectivity index (χ0v) is 23.0. The second kappa shape index (κ2) is 10.0. The van der Waals surface area contributed by atoms with Crippen LogP contribution in [0.1, 0.15) is 69.6 Å². The Bertz CT molecular complexity index is 1550. The van der Waals surface area contributed by atoms with Gasteiger partial charge in [0.1, 0.15) is 46.0 Å². The average molecular weight is 533 g/mol. The predicted octanol–water partition coefficient (Wildman–Crippen LogP) is 3.61. The minimum atomic E-state index is -0.524. The molecule has 0 aromatic carbocycles. The zero-order chi connectivity index (χ0) is 27.9. The Morgan fingerprint density at radius 1 is 1.21 bits per heavy atom. The van der Waals surface area contributed by atoms with E-state index in [2.05, 4.69) is 31.7 Å². The highest BCUT2D eigenvalue weighted by atomic mass is 16.6. The summed E-state index contributed by atoms with van der Waals surface area (Å²) in [4.78, 5) is 15.7. The van der Waals surface area contributed by atoms with Gasteiger partial charge >= 0.3 is 6.09 Å². The number of hydrogen-bond acceptors (Lipinski definition) is 9. The number of aryl methyl sites for hydroxylation is 1. The fraction of sp³-hybridized carbons (Fsp3) is 0.500. The largest absolute Gasteiger partial charge is 0.482 e. The Morgan fingerprint density at radius 3 is 2.59 bits per heavy atom. The van der Waals surface area contributed by atoms with Crippen LogP contribution in [0, 0.1) is 18.3 Å². The third-order valence-corrected chi connectivity index (χ3v) is 6.70. The molecule has 5 rings (SSSR count). The van der Waals surface area contributed by atoms with Crippen LogP contribution >= 0.6 is 0 Å². The summed E-state index contributed by atoms with van der Waals surface area (Å²) in [6, 6.07) is 4.15. The minimum absolute atomic E-state index is 0.107. The standard InChI is InChI=1S/C26H32N10O3/c1-16-23(30-32-36(16)20-7-9-34(10-8-20)25(37)39-26(3,4)5)18-11-22(24-19(12-27)13-29-35(24)15-18)38-17(2)21-14-28-33(6)31-21/h11,13-15,17,20H,7-10H2,1-6H3. The maximum Gasteiger partial charge on any atom is 0.410 e. The van der Waals surface area contributed by atoms with Crippen molar-refractivity contribution in [3.05, 3.63) is 41.6 Å². The SMILES string of the molecule is Cc1c(-c2cc(OC(C)c3cnn(C)n3)c3c(C#N)cnn3c2)nnn1C1CCN(C(=O)OC(C)(C)C)CC1. The molecule has 4 aromatic rings. The Labute approximate surface area is 225 Å². The molecule has 1 unspecified atom stereocenters. The smallest absolute Gasteiger partial charge is 0.410 e. The van der Waals surface area contributed by atoms with Crippen LogP contribution in [0.3, 0.4) is 0 Å². The molecule has 13 nitrogen and oxygen atoms in total. The molecule has 1 aliphatic heterocycles. The molecule has 4 aromatic heterocycles. The first kappa shape index (κ1) is 26.1. The summed E-state index contributed by atoms with van der Waals surface area (Å²) in [7, 11) is 1.74. The highest BCUT2D eigenvalue weighted by Gasteiger charge is 2.29. The van der Waals surface area contributed by atoms with E-state index in [1.807, 2.05) is 51.6 Å². The molecule has 0 saturated carbocycles. The van der Waals surface area contributed by atoms with Gasteiger partial charge in [0, 0.05) is 31.9 Å². The van der Waals surface area contributed by atoms with E-state index in [1.54, 1.807) is 22.7 Å². The molecule has 1 atom stereocenters. The molecule has 1 amide bonds. The highest BCUT2D eigenvalue weighted by molar-refractivity contribution is 5.75. The number of aromatic nitrogens is 8. The van der Waals surface area contributed by atoms with Crippen molar-refractivity contribution in [1.82, 2.24) is 44.5 Å². The van der Waals surface area contributed by atoms with Crippen LogP contribution in [-0.2, 0) is 11.8 Å². The first-order valence-electron chi connectivity index (χ1n) is 12.9. The monoisotopic (exact) mass is 532 g/mol. The van der Waals surface area contributed by atoms with Crippen molar-refractivity contribution in [2.45, 2.75) is 65.2 Å². The molecule has 13 heteroatoms. The fourth-order valence-corrected chi connectivity index (χ4v) is 4.76. The van der Waals surface area contributed by atoms with E-state index in [1.165, 1.54) is 11.0 Å². The molecule has 5 heterocycles. The number of nitrogens with zero attached hydrogens (tertiary/aromatic N) is 10. The second-order valence-electron chi connectivity index (χ2n) is 10.7. The van der Waals surface area contributed by atoms with Crippen LogP contribution in [0.5, 0.6) is 5.75 Å². The predicted molar refractivity (Wildman–Crippen MR) is 140 cm³/mol. The van der Waals surface area contributed by atoms with Gasteiger partial charge in [0.15, 0.2) is 0 Å². The van der Waals surface area contributed by atoms with Crippen molar-refractivity contribution in [2.75, 3.05) is 13.1 Å². The van der Waals surface area contributed by atoms with Gasteiger partial charge in [0.25, 0.3) is 0 Å². The summed E-state index contributed by atoms with van der Waals surface area (Å²) in [5.41, 5.74) is 3.45. The number of hydrogen-bond donors (Lipinski definition) is 0. The van der Waals surface area contributed by atoms with Gasteiger partial charge < -0.3 is 14.4 Å². The van der Waals surface area contributed by atoms with Crippen LogP contribution in [0.2, 0.25) is 0 Å². The second-order valence-corrected chi connectivity index (χ2v) is 10.7. The van der Waals surface area contributed by atoms with Gasteiger partial charge in [-0.1, -0.05) is 5.21 Å². The molecule has 0 spiro atoms. The van der Waals surface area contributed by atoms with E-state index >= 15 is 0 Å². The Hall–Kier alpha value is -4.47. The molecule has 39 heavy (non-hydrogen) atoms. The van der Waals surface area contributed by atoms with Crippen LogP contribution in [0.15, 0.2) is 24.7 Å². The lowest BCUT2D eigenvalue weighted by Crippen LogP contribution is -2.42. The van der Waals surface area contributed by atoms with E-state index < -0.39 is 11.7 Å². The molecule has 0 bridgehead atoms. The van der Waals surface area contributed by atoms with E-state index in [-0.39, 0.29) is 12.1 Å². The molecule has 1 aliphatic rings. The summed E-state index contributed by atoms with van der Waals surface area (Å²) in [6.45, 7) is 10.6. The third-order valence-electron chi connectivity index (χ3n) is 6.70. The molecule has 1 saturated heterocycles. The quantitative estimate of drug-likeness (QED) is 0.377. The number of piperidine rings is 1. The summed E-state index contributed by atoms with van der Waals surface area (Å²) < 4.78 is 15.4. The topological polar surface area (TPSA) is 141 Å². The first-order valence-corrected chi connectivity index (χ1v) is 12.9. The Morgan fingerprint density at radius 2 is 1.95 bits per heavy atom. The van der Waals surface area contributed by atoms with Crippen molar-refractivity contribution in [1.29, 1.82) is 5.26 Å². The van der Waals surface area contributed by atoms with Crippen LogP contribution in [0.25, 0.3) is 16.8 Å². The van der Waals surface area contributed by atoms with E-state index in [9.17, 15) is 10.1 Å². The van der Waals surface area contributed by atoms with Gasteiger partial charge in [-0.15, -0.1) is 5.10 Å². The maximum absolute atomic E-state index is 12.5. The molecule has 1 fully saturated rings. The van der Waals surface area contributed by atoms with Crippen LogP contribution < -0.4 is 4.74 Å². The van der Waals surface area contributed by atoms with Crippen molar-refractivity contribution < 1.29 is 14.3 Å². The lowest BCUT2D eigenvalue weighted by molar-refractivity contribution is 0.0184. The number of rotatable bonds is 5. The van der Waals surface area contributed by atoms with E-state index in [0.717, 1.165) is 24.1 Å². The number of fused-ring (bicyclic) bond motifs is 1. The van der Waals surface area contributed by atoms with Gasteiger partial charge in [-0.2, -0.15) is 25.4 Å². The van der Waals surface area contributed by atoms with Gasteiger partial charge in [0.05, 0.1) is 24.1 Å². The van der Waals surface area contributed by atoms with Gasteiger partial charge in [-0.25, -0.2) is 14.0 Å². The lowest BCUT2D eigenvalue weighted by Gasteiger charge is -2.33. The van der Waals surface area contributed by atoms with Crippen molar-refractivity contribution in [2.24, 2.45) is 7.05 Å². The van der Waals surface area contributed by atoms with Crippen molar-refractivity contribution >= 4 is 11.6 Å². The van der Waals surface area contributed by atoms with E-state index in [0.29, 0.717) is 41.3 Å². The molecule has 0 aliphatic carbocycles. The molecule has 0 radical (unpaired) electrons. The summed E-state index contributed by atoms with van der Waals surface area (Å²) in [6.07, 6.45) is 5.78. The van der Waals surface area contributed by atoms with Gasteiger partial charge in [-0.05, 0) is 53.5 Å². The average Bonchev–Trinajstić information content (AvgIpc) is 3.61. The number of ether oxygens (including phenoxy) is 2. The fourth-order valence-electron chi connectivity index (χ4n) is 4.76. The summed E-state index contributed by atoms with van der Waals surface area (Å²) in [5, 5.41) is 31.5. The number of carbonyl (C=O) groups excluding carboxylic acids is 1. The normalized spacial score (nSPS) is 15.4. The number of likely N-dealkylation sites (tertiary alicyclic amines) is 1. The maximum atomic E-state index is 12.5. The number of amides is 1.